The Hall–Kier alpha value is 0.740. The molecule has 0 saturated carbocycles. The van der Waals surface area contributed by atoms with Crippen molar-refractivity contribution in [1.82, 2.24) is 4.90 Å². The SMILES string of the molecule is N[C@@H](CC(=O)O)C(=O)O.O=C(O)C[C@@H](C(=O)O)N(CC(=O)O)CC(=O)O.[NaH].[NaH].[NaH].[NaH]. The zero-order chi connectivity index (χ0) is 21.0. The molecule has 0 aliphatic rings. The van der Waals surface area contributed by atoms with E-state index in [0.29, 0.717) is 4.90 Å². The third-order valence-corrected chi connectivity index (χ3v) is 2.48. The molecule has 0 amide bonds. The number of carboxylic acids is 6. The van der Waals surface area contributed by atoms with E-state index in [2.05, 4.69) is 0 Å². The van der Waals surface area contributed by atoms with E-state index < -0.39 is 73.8 Å². The molecule has 0 bridgehead atoms. The molecule has 0 saturated heterocycles. The molecule has 0 aromatic carbocycles. The van der Waals surface area contributed by atoms with Crippen LogP contribution in [-0.4, -0.2) is 215 Å². The van der Waals surface area contributed by atoms with Crippen LogP contribution in [0, 0.1) is 0 Å². The summed E-state index contributed by atoms with van der Waals surface area (Å²) in [5.74, 6) is -8.43. The molecule has 0 fully saturated rings. The van der Waals surface area contributed by atoms with Gasteiger partial charge in [-0.25, -0.2) is 0 Å². The zero-order valence-electron chi connectivity index (χ0n) is 13.1. The van der Waals surface area contributed by atoms with Gasteiger partial charge in [0.05, 0.1) is 25.9 Å². The van der Waals surface area contributed by atoms with Gasteiger partial charge in [0.15, 0.2) is 0 Å². The van der Waals surface area contributed by atoms with E-state index in [0.717, 1.165) is 0 Å². The Morgan fingerprint density at radius 1 is 0.600 bits per heavy atom. The second-order valence-electron chi connectivity index (χ2n) is 4.69. The Kier molecular flexibility index (Phi) is 36.1. The van der Waals surface area contributed by atoms with Crippen LogP contribution in [0.3, 0.4) is 0 Å². The summed E-state index contributed by atoms with van der Waals surface area (Å²) in [6.45, 7) is -1.73. The van der Waals surface area contributed by atoms with Crippen molar-refractivity contribution in [3.8, 4) is 0 Å². The van der Waals surface area contributed by atoms with Crippen molar-refractivity contribution >= 4 is 154 Å². The number of aliphatic carboxylic acids is 6. The summed E-state index contributed by atoms with van der Waals surface area (Å²) in [7, 11) is 0. The maximum atomic E-state index is 10.7. The summed E-state index contributed by atoms with van der Waals surface area (Å²) >= 11 is 0. The second kappa shape index (κ2) is 24.4. The monoisotopic (exact) mass is 478 g/mol. The molecule has 30 heavy (non-hydrogen) atoms. The van der Waals surface area contributed by atoms with Crippen LogP contribution < -0.4 is 5.73 Å². The van der Waals surface area contributed by atoms with E-state index in [1.54, 1.807) is 0 Å². The van der Waals surface area contributed by atoms with Gasteiger partial charge in [0.2, 0.25) is 0 Å². The molecule has 8 N–H and O–H groups in total. The predicted octanol–water partition coefficient (Wildman–Crippen LogP) is -5.34. The van der Waals surface area contributed by atoms with E-state index in [4.69, 9.17) is 36.4 Å². The molecule has 0 spiro atoms. The first kappa shape index (κ1) is 44.4. The van der Waals surface area contributed by atoms with Gasteiger partial charge in [-0.3, -0.25) is 33.7 Å². The summed E-state index contributed by atoms with van der Waals surface area (Å²) in [4.78, 5) is 62.2. The first-order valence-electron chi connectivity index (χ1n) is 6.60. The predicted molar refractivity (Wildman–Crippen MR) is 107 cm³/mol. The van der Waals surface area contributed by atoms with Crippen LogP contribution in [0.15, 0.2) is 0 Å². The quantitative estimate of drug-likeness (QED) is 0.137. The summed E-state index contributed by atoms with van der Waals surface area (Å²) in [6.07, 6.45) is -1.41. The van der Waals surface area contributed by atoms with E-state index in [-0.39, 0.29) is 118 Å². The van der Waals surface area contributed by atoms with Crippen molar-refractivity contribution in [3.05, 3.63) is 0 Å². The van der Waals surface area contributed by atoms with Gasteiger partial charge in [-0.15, -0.1) is 0 Å². The number of hydrogen-bond donors (Lipinski definition) is 7. The van der Waals surface area contributed by atoms with Gasteiger partial charge < -0.3 is 36.4 Å². The molecular formula is C12H22N2Na4O12. The van der Waals surface area contributed by atoms with E-state index >= 15 is 0 Å². The summed E-state index contributed by atoms with van der Waals surface area (Å²) < 4.78 is 0. The van der Waals surface area contributed by atoms with Crippen LogP contribution in [0.4, 0.5) is 0 Å². The second-order valence-corrected chi connectivity index (χ2v) is 4.69. The number of rotatable bonds is 11. The fraction of sp³-hybridized carbons (Fsp3) is 0.500. The number of carbonyl (C=O) groups is 6. The fourth-order valence-corrected chi connectivity index (χ4v) is 1.44. The summed E-state index contributed by atoms with van der Waals surface area (Å²) in [5.41, 5.74) is 4.84. The summed E-state index contributed by atoms with van der Waals surface area (Å²) in [5, 5.41) is 50.2. The summed E-state index contributed by atoms with van der Waals surface area (Å²) in [6, 6.07) is -2.98. The topological polar surface area (TPSA) is 253 Å². The Bertz CT molecular complexity index is 561. The number of nitrogens with two attached hydrogens (primary N) is 1. The van der Waals surface area contributed by atoms with Crippen molar-refractivity contribution < 1.29 is 59.4 Å². The van der Waals surface area contributed by atoms with E-state index in [1.807, 2.05) is 0 Å². The third kappa shape index (κ3) is 26.8. The van der Waals surface area contributed by atoms with Crippen molar-refractivity contribution in [3.63, 3.8) is 0 Å². The van der Waals surface area contributed by atoms with Gasteiger partial charge in [-0.05, 0) is 0 Å². The first-order valence-corrected chi connectivity index (χ1v) is 6.60. The normalized spacial score (nSPS) is 10.6. The van der Waals surface area contributed by atoms with Gasteiger partial charge in [0.25, 0.3) is 0 Å². The Balaban J connectivity index is -0.0000000967. The van der Waals surface area contributed by atoms with Gasteiger partial charge in [0, 0.05) is 0 Å². The molecule has 156 valence electrons. The average Bonchev–Trinajstić information content (AvgIpc) is 2.42. The van der Waals surface area contributed by atoms with Crippen LogP contribution in [-0.2, 0) is 28.8 Å². The standard InChI is InChI=1S/C8H11NO8.C4H7NO4.4Na.4H/c10-5(11)1-4(8(16)17)9(2-6(12)13)3-7(14)15;5-2(4(8)9)1-3(6)7;;;;;;;;/h4H,1-3H2,(H,10,11)(H,12,13)(H,14,15)(H,16,17);2H,1,5H2,(H,6,7)(H,8,9);;;;;;;;/t4-;2-;;;;;;;;/m00......../s1. The van der Waals surface area contributed by atoms with Crippen LogP contribution in [0.5, 0.6) is 0 Å². The molecule has 0 radical (unpaired) electrons. The maximum absolute atomic E-state index is 10.7. The molecule has 0 aromatic heterocycles. The fourth-order valence-electron chi connectivity index (χ4n) is 1.44. The van der Waals surface area contributed by atoms with Crippen molar-refractivity contribution in [2.45, 2.75) is 24.9 Å². The molecule has 0 heterocycles. The molecule has 0 aliphatic heterocycles. The van der Waals surface area contributed by atoms with Gasteiger partial charge >= 0.3 is 154 Å². The Morgan fingerprint density at radius 3 is 1.10 bits per heavy atom. The molecule has 0 rings (SSSR count). The molecule has 0 aliphatic carbocycles. The van der Waals surface area contributed by atoms with Crippen LogP contribution in [0.2, 0.25) is 0 Å². The van der Waals surface area contributed by atoms with Gasteiger partial charge in [-0.1, -0.05) is 0 Å². The van der Waals surface area contributed by atoms with Crippen LogP contribution >= 0.6 is 0 Å². The van der Waals surface area contributed by atoms with Crippen molar-refractivity contribution in [2.75, 3.05) is 13.1 Å². The van der Waals surface area contributed by atoms with Crippen molar-refractivity contribution in [2.24, 2.45) is 5.73 Å². The molecule has 0 unspecified atom stereocenters. The molecule has 2 atom stereocenters. The molecular weight excluding hydrogens is 456 g/mol. The number of nitrogens with zero attached hydrogens (tertiary/aromatic N) is 1. The minimum absolute atomic E-state index is 0. The Labute approximate surface area is 258 Å². The zero-order valence-corrected chi connectivity index (χ0v) is 13.1. The van der Waals surface area contributed by atoms with Crippen LogP contribution in [0.25, 0.3) is 0 Å². The average molecular weight is 478 g/mol. The minimum atomic E-state index is -1.69. The van der Waals surface area contributed by atoms with Gasteiger partial charge in [0.1, 0.15) is 12.1 Å². The van der Waals surface area contributed by atoms with E-state index in [1.165, 1.54) is 0 Å². The molecule has 14 nitrogen and oxygen atoms in total. The van der Waals surface area contributed by atoms with E-state index in [9.17, 15) is 28.8 Å². The number of hydrogen-bond acceptors (Lipinski definition) is 8. The third-order valence-electron chi connectivity index (χ3n) is 2.48. The molecule has 18 heteroatoms. The van der Waals surface area contributed by atoms with Crippen molar-refractivity contribution in [1.29, 1.82) is 0 Å². The molecule has 0 aromatic rings. The first-order chi connectivity index (χ1) is 11.8. The Morgan fingerprint density at radius 2 is 0.933 bits per heavy atom. The number of carboxylic acid groups (broad SMARTS) is 6. The van der Waals surface area contributed by atoms with Gasteiger partial charge in [-0.2, -0.15) is 0 Å². The van der Waals surface area contributed by atoms with Crippen LogP contribution in [0.1, 0.15) is 12.8 Å².